The largest absolute Gasteiger partial charge is 0.368 e. The lowest BCUT2D eigenvalue weighted by Crippen LogP contribution is -2.08. The van der Waals surface area contributed by atoms with Crippen molar-refractivity contribution in [1.82, 2.24) is 0 Å². The zero-order valence-corrected chi connectivity index (χ0v) is 7.69. The van der Waals surface area contributed by atoms with Crippen molar-refractivity contribution >= 4 is 11.6 Å². The minimum atomic E-state index is -0.631. The lowest BCUT2D eigenvalue weighted by atomic mass is 10.3. The van der Waals surface area contributed by atoms with E-state index in [0.29, 0.717) is 12.3 Å². The second kappa shape index (κ2) is 11.9. The van der Waals surface area contributed by atoms with Gasteiger partial charge in [0.15, 0.2) is 6.29 Å². The van der Waals surface area contributed by atoms with Crippen molar-refractivity contribution in [1.29, 1.82) is 0 Å². The summed E-state index contributed by atoms with van der Waals surface area (Å²) >= 11 is 5.34. The maximum atomic E-state index is 8.71. The highest BCUT2D eigenvalue weighted by Crippen LogP contribution is 1.97. The van der Waals surface area contributed by atoms with E-state index in [1.165, 1.54) is 7.11 Å². The molecule has 0 aromatic heterocycles. The van der Waals surface area contributed by atoms with Crippen LogP contribution in [0.1, 0.15) is 26.7 Å². The summed E-state index contributed by atoms with van der Waals surface area (Å²) < 4.78 is 4.55. The molecule has 0 aliphatic heterocycles. The van der Waals surface area contributed by atoms with E-state index in [4.69, 9.17) is 16.7 Å². The van der Waals surface area contributed by atoms with Crippen LogP contribution < -0.4 is 0 Å². The molecule has 0 amide bonds. The Morgan fingerprint density at radius 1 is 1.50 bits per heavy atom. The van der Waals surface area contributed by atoms with Crippen molar-refractivity contribution in [2.24, 2.45) is 0 Å². The molecule has 0 spiro atoms. The second-order valence-corrected chi connectivity index (χ2v) is 1.90. The number of rotatable bonds is 4. The fraction of sp³-hybridized carbons (Fsp3) is 1.00. The Balaban J connectivity index is 0. The Labute approximate surface area is 68.1 Å². The molecule has 0 heterocycles. The molecule has 1 atom stereocenters. The van der Waals surface area contributed by atoms with E-state index in [1.54, 1.807) is 0 Å². The van der Waals surface area contributed by atoms with Gasteiger partial charge in [-0.05, 0) is 12.8 Å². The van der Waals surface area contributed by atoms with E-state index in [2.05, 4.69) is 4.74 Å². The summed E-state index contributed by atoms with van der Waals surface area (Å²) in [6, 6.07) is 0. The van der Waals surface area contributed by atoms with Gasteiger partial charge >= 0.3 is 0 Å². The first-order valence-corrected chi connectivity index (χ1v) is 4.11. The summed E-state index contributed by atoms with van der Waals surface area (Å²) in [7, 11) is 1.47. The highest BCUT2D eigenvalue weighted by molar-refractivity contribution is 6.17. The molecule has 0 aromatic rings. The van der Waals surface area contributed by atoms with Crippen molar-refractivity contribution in [2.75, 3.05) is 13.0 Å². The Hall–Kier alpha value is 0.210. The van der Waals surface area contributed by atoms with E-state index in [1.807, 2.05) is 13.8 Å². The standard InChI is InChI=1S/C5H11ClO2.C2H6/c1-8-5(7)3-2-4-6;1-2/h5,7H,2-4H2,1H3;1-2H3. The molecular weight excluding hydrogens is 152 g/mol. The van der Waals surface area contributed by atoms with Crippen molar-refractivity contribution < 1.29 is 9.84 Å². The summed E-state index contributed by atoms with van der Waals surface area (Å²) in [5.74, 6) is 0.584. The van der Waals surface area contributed by atoms with E-state index in [9.17, 15) is 0 Å². The van der Waals surface area contributed by atoms with Crippen molar-refractivity contribution in [2.45, 2.75) is 33.0 Å². The third-order valence-electron chi connectivity index (χ3n) is 0.857. The van der Waals surface area contributed by atoms with E-state index in [0.717, 1.165) is 6.42 Å². The van der Waals surface area contributed by atoms with Crippen LogP contribution >= 0.6 is 11.6 Å². The molecule has 64 valence electrons. The third-order valence-corrected chi connectivity index (χ3v) is 1.12. The van der Waals surface area contributed by atoms with Crippen LogP contribution in [0.2, 0.25) is 0 Å². The number of aliphatic hydroxyl groups is 1. The van der Waals surface area contributed by atoms with Gasteiger partial charge in [0.1, 0.15) is 0 Å². The van der Waals surface area contributed by atoms with Crippen LogP contribution in [-0.4, -0.2) is 24.4 Å². The summed E-state index contributed by atoms with van der Waals surface area (Å²) in [4.78, 5) is 0. The molecular formula is C7H17ClO2. The highest BCUT2D eigenvalue weighted by atomic mass is 35.5. The quantitative estimate of drug-likeness (QED) is 0.514. The Morgan fingerprint density at radius 3 is 2.30 bits per heavy atom. The first kappa shape index (κ1) is 12.8. The Morgan fingerprint density at radius 2 is 2.00 bits per heavy atom. The molecule has 3 heteroatoms. The summed E-state index contributed by atoms with van der Waals surface area (Å²) in [5, 5.41) is 8.71. The second-order valence-electron chi connectivity index (χ2n) is 1.52. The van der Waals surface area contributed by atoms with E-state index in [-0.39, 0.29) is 0 Å². The number of ether oxygens (including phenoxy) is 1. The molecule has 0 aliphatic carbocycles. The van der Waals surface area contributed by atoms with Crippen molar-refractivity contribution in [3.05, 3.63) is 0 Å². The van der Waals surface area contributed by atoms with E-state index >= 15 is 0 Å². The number of hydrogen-bond acceptors (Lipinski definition) is 2. The number of hydrogen-bond donors (Lipinski definition) is 1. The van der Waals surface area contributed by atoms with Gasteiger partial charge in [0.2, 0.25) is 0 Å². The monoisotopic (exact) mass is 168 g/mol. The molecule has 0 rings (SSSR count). The van der Waals surface area contributed by atoms with Crippen molar-refractivity contribution in [3.63, 3.8) is 0 Å². The smallest absolute Gasteiger partial charge is 0.154 e. The molecule has 1 N–H and O–H groups in total. The first-order valence-electron chi connectivity index (χ1n) is 3.58. The molecule has 0 fully saturated rings. The third kappa shape index (κ3) is 11.1. The summed E-state index contributed by atoms with van der Waals surface area (Å²) in [6.07, 6.45) is 0.796. The fourth-order valence-electron chi connectivity index (χ4n) is 0.370. The van der Waals surface area contributed by atoms with Gasteiger partial charge in [0.05, 0.1) is 0 Å². The zero-order chi connectivity index (χ0) is 8.41. The zero-order valence-electron chi connectivity index (χ0n) is 6.93. The highest BCUT2D eigenvalue weighted by Gasteiger charge is 1.97. The molecule has 0 saturated carbocycles. The van der Waals surface area contributed by atoms with Gasteiger partial charge in [-0.2, -0.15) is 0 Å². The van der Waals surface area contributed by atoms with Gasteiger partial charge in [-0.15, -0.1) is 11.6 Å². The van der Waals surface area contributed by atoms with Crippen LogP contribution in [0.5, 0.6) is 0 Å². The first-order chi connectivity index (χ1) is 4.81. The summed E-state index contributed by atoms with van der Waals surface area (Å²) in [5.41, 5.74) is 0. The normalized spacial score (nSPS) is 11.7. The number of halogens is 1. The average Bonchev–Trinajstić information content (AvgIpc) is 2.04. The summed E-state index contributed by atoms with van der Waals surface area (Å²) in [6.45, 7) is 4.00. The Kier molecular flexibility index (Phi) is 15.3. The SMILES string of the molecule is CC.COC(O)CCCCl. The minimum absolute atomic E-state index is 0.584. The number of aliphatic hydroxyl groups excluding tert-OH is 1. The number of alkyl halides is 1. The van der Waals surface area contributed by atoms with Gasteiger partial charge in [0, 0.05) is 13.0 Å². The molecule has 2 nitrogen and oxygen atoms in total. The number of methoxy groups -OCH3 is 1. The van der Waals surface area contributed by atoms with Crippen LogP contribution in [0.3, 0.4) is 0 Å². The maximum Gasteiger partial charge on any atom is 0.154 e. The predicted molar refractivity (Wildman–Crippen MR) is 44.3 cm³/mol. The lowest BCUT2D eigenvalue weighted by Gasteiger charge is -2.04. The fourth-order valence-corrected chi connectivity index (χ4v) is 0.524. The molecule has 0 radical (unpaired) electrons. The topological polar surface area (TPSA) is 29.5 Å². The predicted octanol–water partition coefficient (Wildman–Crippen LogP) is 2.00. The minimum Gasteiger partial charge on any atom is -0.368 e. The van der Waals surface area contributed by atoms with Gasteiger partial charge in [-0.3, -0.25) is 0 Å². The molecule has 0 bridgehead atoms. The average molecular weight is 169 g/mol. The lowest BCUT2D eigenvalue weighted by molar-refractivity contribution is -0.0781. The molecule has 1 unspecified atom stereocenters. The van der Waals surface area contributed by atoms with E-state index < -0.39 is 6.29 Å². The molecule has 0 aromatic carbocycles. The molecule has 0 saturated heterocycles. The van der Waals surface area contributed by atoms with Crippen LogP contribution in [0.4, 0.5) is 0 Å². The van der Waals surface area contributed by atoms with Crippen LogP contribution in [0, 0.1) is 0 Å². The molecule has 10 heavy (non-hydrogen) atoms. The van der Waals surface area contributed by atoms with Crippen molar-refractivity contribution in [3.8, 4) is 0 Å². The van der Waals surface area contributed by atoms with Crippen LogP contribution in [-0.2, 0) is 4.74 Å². The van der Waals surface area contributed by atoms with Gasteiger partial charge < -0.3 is 9.84 Å². The van der Waals surface area contributed by atoms with Gasteiger partial charge in [0.25, 0.3) is 0 Å². The van der Waals surface area contributed by atoms with Crippen LogP contribution in [0.15, 0.2) is 0 Å². The maximum absolute atomic E-state index is 8.71. The van der Waals surface area contributed by atoms with Gasteiger partial charge in [-0.1, -0.05) is 13.8 Å². The Bertz CT molecular complexity index is 50.9. The molecule has 0 aliphatic rings. The van der Waals surface area contributed by atoms with Gasteiger partial charge in [-0.25, -0.2) is 0 Å². The van der Waals surface area contributed by atoms with Crippen LogP contribution in [0.25, 0.3) is 0 Å².